The lowest BCUT2D eigenvalue weighted by atomic mass is 9.92. The van der Waals surface area contributed by atoms with Gasteiger partial charge in [-0.1, -0.05) is 17.7 Å². The Morgan fingerprint density at radius 3 is 2.13 bits per heavy atom. The second-order valence-corrected chi connectivity index (χ2v) is 4.67. The monoisotopic (exact) mass is 264 g/mol. The highest BCUT2D eigenvalue weighted by Gasteiger charge is 2.15. The normalized spacial score (nSPS) is 11.1. The van der Waals surface area contributed by atoms with Crippen LogP contribution >= 0.6 is 34.8 Å². The first-order chi connectivity index (χ1) is 7.13. The summed E-state index contributed by atoms with van der Waals surface area (Å²) in [5, 5.41) is 0. The van der Waals surface area contributed by atoms with Gasteiger partial charge in [0.1, 0.15) is 0 Å². The van der Waals surface area contributed by atoms with Gasteiger partial charge in [0, 0.05) is 23.6 Å². The summed E-state index contributed by atoms with van der Waals surface area (Å²) in [5.41, 5.74) is 4.83. The zero-order valence-electron chi connectivity index (χ0n) is 8.99. The van der Waals surface area contributed by atoms with Crippen molar-refractivity contribution >= 4 is 34.8 Å². The first-order valence-electron chi connectivity index (χ1n) is 4.92. The number of hydrogen-bond donors (Lipinski definition) is 0. The standard InChI is InChI=1S/C12H15Cl3/c1-8-3-9(2)12(7-15)11(4-8)10(5-13)6-14/h3-4,10H,5-7H2,1-2H3. The number of hydrogen-bond acceptors (Lipinski definition) is 0. The van der Waals surface area contributed by atoms with E-state index in [1.807, 2.05) is 0 Å². The molecular weight excluding hydrogens is 250 g/mol. The summed E-state index contributed by atoms with van der Waals surface area (Å²) in [6.07, 6.45) is 0. The predicted octanol–water partition coefficient (Wildman–Crippen LogP) is 4.60. The van der Waals surface area contributed by atoms with E-state index >= 15 is 0 Å². The van der Waals surface area contributed by atoms with Gasteiger partial charge in [0.2, 0.25) is 0 Å². The minimum atomic E-state index is 0.195. The minimum absolute atomic E-state index is 0.195. The second kappa shape index (κ2) is 5.98. The number of alkyl halides is 3. The van der Waals surface area contributed by atoms with Crippen molar-refractivity contribution < 1.29 is 0 Å². The van der Waals surface area contributed by atoms with Crippen LogP contribution in [0.1, 0.15) is 28.2 Å². The molecule has 3 heteroatoms. The topological polar surface area (TPSA) is 0 Å². The maximum atomic E-state index is 5.96. The van der Waals surface area contributed by atoms with Crippen molar-refractivity contribution in [2.75, 3.05) is 11.8 Å². The predicted molar refractivity (Wildman–Crippen MR) is 69.7 cm³/mol. The first-order valence-corrected chi connectivity index (χ1v) is 6.52. The Bertz CT molecular complexity index is 330. The third-order valence-corrected chi connectivity index (χ3v) is 3.61. The molecule has 0 unspecified atom stereocenters. The van der Waals surface area contributed by atoms with Crippen LogP contribution in [0.15, 0.2) is 12.1 Å². The molecule has 0 nitrogen and oxygen atoms in total. The maximum Gasteiger partial charge on any atom is 0.0479 e. The van der Waals surface area contributed by atoms with E-state index in [1.165, 1.54) is 22.3 Å². The van der Waals surface area contributed by atoms with E-state index in [0.717, 1.165) is 0 Å². The van der Waals surface area contributed by atoms with Crippen molar-refractivity contribution in [1.29, 1.82) is 0 Å². The van der Waals surface area contributed by atoms with Crippen molar-refractivity contribution in [3.8, 4) is 0 Å². The van der Waals surface area contributed by atoms with Gasteiger partial charge in [0.05, 0.1) is 0 Å². The molecular formula is C12H15Cl3. The Kier molecular flexibility index (Phi) is 5.25. The van der Waals surface area contributed by atoms with Gasteiger partial charge in [0.25, 0.3) is 0 Å². The Labute approximate surface area is 107 Å². The van der Waals surface area contributed by atoms with Crippen LogP contribution < -0.4 is 0 Å². The Morgan fingerprint density at radius 2 is 1.67 bits per heavy atom. The molecule has 1 rings (SSSR count). The molecule has 1 aromatic carbocycles. The zero-order chi connectivity index (χ0) is 11.4. The molecule has 0 aliphatic rings. The lowest BCUT2D eigenvalue weighted by Gasteiger charge is -2.17. The molecule has 0 saturated heterocycles. The zero-order valence-corrected chi connectivity index (χ0v) is 11.3. The van der Waals surface area contributed by atoms with Crippen LogP contribution in [0, 0.1) is 13.8 Å². The van der Waals surface area contributed by atoms with Gasteiger partial charge in [-0.25, -0.2) is 0 Å². The van der Waals surface area contributed by atoms with Gasteiger partial charge in [-0.15, -0.1) is 34.8 Å². The van der Waals surface area contributed by atoms with E-state index in [4.69, 9.17) is 34.8 Å². The molecule has 0 amide bonds. The van der Waals surface area contributed by atoms with Crippen molar-refractivity contribution in [1.82, 2.24) is 0 Å². The number of rotatable bonds is 4. The summed E-state index contributed by atoms with van der Waals surface area (Å²) < 4.78 is 0. The number of benzene rings is 1. The van der Waals surface area contributed by atoms with Gasteiger partial charge in [-0.3, -0.25) is 0 Å². The van der Waals surface area contributed by atoms with Crippen molar-refractivity contribution in [2.24, 2.45) is 0 Å². The molecule has 0 radical (unpaired) electrons. The summed E-state index contributed by atoms with van der Waals surface area (Å²) in [5.74, 6) is 1.79. The summed E-state index contributed by atoms with van der Waals surface area (Å²) in [6, 6.07) is 4.28. The Balaban J connectivity index is 3.24. The molecule has 0 atom stereocenters. The van der Waals surface area contributed by atoms with Crippen LogP contribution in [0.3, 0.4) is 0 Å². The minimum Gasteiger partial charge on any atom is -0.126 e. The van der Waals surface area contributed by atoms with Crippen LogP contribution in [0.4, 0.5) is 0 Å². The quantitative estimate of drug-likeness (QED) is 0.698. The van der Waals surface area contributed by atoms with Crippen LogP contribution in [0.5, 0.6) is 0 Å². The highest BCUT2D eigenvalue weighted by molar-refractivity contribution is 6.21. The van der Waals surface area contributed by atoms with E-state index in [2.05, 4.69) is 26.0 Å². The summed E-state index contributed by atoms with van der Waals surface area (Å²) >= 11 is 17.8. The molecule has 0 bridgehead atoms. The second-order valence-electron chi connectivity index (χ2n) is 3.79. The summed E-state index contributed by atoms with van der Waals surface area (Å²) in [4.78, 5) is 0. The van der Waals surface area contributed by atoms with Gasteiger partial charge in [0.15, 0.2) is 0 Å². The van der Waals surface area contributed by atoms with E-state index in [0.29, 0.717) is 17.6 Å². The highest BCUT2D eigenvalue weighted by atomic mass is 35.5. The average Bonchev–Trinajstić information content (AvgIpc) is 2.19. The molecule has 1 aromatic rings. The highest BCUT2D eigenvalue weighted by Crippen LogP contribution is 2.28. The molecule has 0 saturated carbocycles. The lowest BCUT2D eigenvalue weighted by Crippen LogP contribution is -2.07. The van der Waals surface area contributed by atoms with Crippen molar-refractivity contribution in [3.05, 3.63) is 34.4 Å². The van der Waals surface area contributed by atoms with Crippen molar-refractivity contribution in [2.45, 2.75) is 25.6 Å². The molecule has 0 aromatic heterocycles. The van der Waals surface area contributed by atoms with Crippen LogP contribution in [-0.4, -0.2) is 11.8 Å². The van der Waals surface area contributed by atoms with Crippen LogP contribution in [0.2, 0.25) is 0 Å². The fourth-order valence-electron chi connectivity index (χ4n) is 1.78. The van der Waals surface area contributed by atoms with Gasteiger partial charge < -0.3 is 0 Å². The van der Waals surface area contributed by atoms with Gasteiger partial charge in [-0.2, -0.15) is 0 Å². The molecule has 0 fully saturated rings. The molecule has 0 aliphatic heterocycles. The maximum absolute atomic E-state index is 5.96. The molecule has 0 spiro atoms. The Morgan fingerprint density at radius 1 is 1.07 bits per heavy atom. The fourth-order valence-corrected chi connectivity index (χ4v) is 2.81. The smallest absolute Gasteiger partial charge is 0.0479 e. The lowest BCUT2D eigenvalue weighted by molar-refractivity contribution is 0.865. The van der Waals surface area contributed by atoms with E-state index in [-0.39, 0.29) is 5.92 Å². The van der Waals surface area contributed by atoms with Crippen LogP contribution in [0.25, 0.3) is 0 Å². The molecule has 0 N–H and O–H groups in total. The van der Waals surface area contributed by atoms with E-state index in [9.17, 15) is 0 Å². The van der Waals surface area contributed by atoms with Gasteiger partial charge in [-0.05, 0) is 30.5 Å². The average molecular weight is 266 g/mol. The third kappa shape index (κ3) is 3.03. The molecule has 84 valence electrons. The van der Waals surface area contributed by atoms with Crippen LogP contribution in [-0.2, 0) is 5.88 Å². The Hall–Kier alpha value is 0.0900. The third-order valence-electron chi connectivity index (χ3n) is 2.60. The number of aryl methyl sites for hydroxylation is 2. The first kappa shape index (κ1) is 13.2. The molecule has 15 heavy (non-hydrogen) atoms. The molecule has 0 heterocycles. The van der Waals surface area contributed by atoms with E-state index in [1.54, 1.807) is 0 Å². The number of halogens is 3. The van der Waals surface area contributed by atoms with E-state index < -0.39 is 0 Å². The summed E-state index contributed by atoms with van der Waals surface area (Å²) in [6.45, 7) is 4.15. The van der Waals surface area contributed by atoms with Crippen molar-refractivity contribution in [3.63, 3.8) is 0 Å². The SMILES string of the molecule is Cc1cc(C)c(CCl)c(C(CCl)CCl)c1. The largest absolute Gasteiger partial charge is 0.126 e. The molecule has 0 aliphatic carbocycles. The van der Waals surface area contributed by atoms with Gasteiger partial charge >= 0.3 is 0 Å². The summed E-state index contributed by atoms with van der Waals surface area (Å²) in [7, 11) is 0. The fraction of sp³-hybridized carbons (Fsp3) is 0.500.